The van der Waals surface area contributed by atoms with Crippen molar-refractivity contribution in [1.82, 2.24) is 5.32 Å². The van der Waals surface area contributed by atoms with Crippen LogP contribution in [-0.4, -0.2) is 17.9 Å². The van der Waals surface area contributed by atoms with Crippen molar-refractivity contribution in [2.24, 2.45) is 0 Å². The van der Waals surface area contributed by atoms with Gasteiger partial charge in [-0.2, -0.15) is 0 Å². The SMILES string of the molecule is CC(C)Oc1ccc(Br)cc1C(=O)Nc1ccc(C(=O)NC(C)c2ccccc2)cc1. The van der Waals surface area contributed by atoms with Gasteiger partial charge in [0.25, 0.3) is 11.8 Å². The Bertz CT molecular complexity index is 1050. The molecule has 0 bridgehead atoms. The van der Waals surface area contributed by atoms with Gasteiger partial charge in [0.15, 0.2) is 0 Å². The van der Waals surface area contributed by atoms with Crippen molar-refractivity contribution in [2.75, 3.05) is 5.32 Å². The van der Waals surface area contributed by atoms with E-state index in [0.717, 1.165) is 10.0 Å². The summed E-state index contributed by atoms with van der Waals surface area (Å²) >= 11 is 3.40. The average molecular weight is 481 g/mol. The summed E-state index contributed by atoms with van der Waals surface area (Å²) in [4.78, 5) is 25.3. The van der Waals surface area contributed by atoms with Gasteiger partial charge in [-0.1, -0.05) is 46.3 Å². The molecule has 0 saturated carbocycles. The number of halogens is 1. The van der Waals surface area contributed by atoms with Crippen LogP contribution in [-0.2, 0) is 0 Å². The number of carbonyl (C=O) groups excluding carboxylic acids is 2. The standard InChI is InChI=1S/C25H25BrN2O3/c1-16(2)31-23-14-11-20(26)15-22(23)25(30)28-21-12-9-19(10-13-21)24(29)27-17(3)18-7-5-4-6-8-18/h4-17H,1-3H3,(H,27,29)(H,28,30). The van der Waals surface area contributed by atoms with Gasteiger partial charge >= 0.3 is 0 Å². The van der Waals surface area contributed by atoms with E-state index in [0.29, 0.717) is 22.6 Å². The van der Waals surface area contributed by atoms with Crippen LogP contribution in [0.15, 0.2) is 77.3 Å². The van der Waals surface area contributed by atoms with Crippen LogP contribution in [0.4, 0.5) is 5.69 Å². The van der Waals surface area contributed by atoms with Gasteiger partial charge in [0.2, 0.25) is 0 Å². The van der Waals surface area contributed by atoms with Gasteiger partial charge in [0.05, 0.1) is 17.7 Å². The molecule has 3 rings (SSSR count). The van der Waals surface area contributed by atoms with Crippen molar-refractivity contribution >= 4 is 33.4 Å². The molecule has 6 heteroatoms. The maximum absolute atomic E-state index is 12.8. The van der Waals surface area contributed by atoms with Crippen LogP contribution in [0.1, 0.15) is 53.1 Å². The Kier molecular flexibility index (Phi) is 7.47. The number of ether oxygens (including phenoxy) is 1. The smallest absolute Gasteiger partial charge is 0.259 e. The van der Waals surface area contributed by atoms with Crippen molar-refractivity contribution in [3.05, 3.63) is 94.0 Å². The van der Waals surface area contributed by atoms with Gasteiger partial charge in [-0.25, -0.2) is 0 Å². The first-order chi connectivity index (χ1) is 14.8. The number of amides is 2. The summed E-state index contributed by atoms with van der Waals surface area (Å²) in [5, 5.41) is 5.84. The molecular weight excluding hydrogens is 456 g/mol. The van der Waals surface area contributed by atoms with Gasteiger partial charge < -0.3 is 15.4 Å². The Balaban J connectivity index is 1.67. The quantitative estimate of drug-likeness (QED) is 0.436. The number of nitrogens with one attached hydrogen (secondary N) is 2. The van der Waals surface area contributed by atoms with E-state index in [1.807, 2.05) is 57.2 Å². The summed E-state index contributed by atoms with van der Waals surface area (Å²) < 4.78 is 6.53. The predicted molar refractivity (Wildman–Crippen MR) is 127 cm³/mol. The van der Waals surface area contributed by atoms with E-state index in [2.05, 4.69) is 26.6 Å². The minimum absolute atomic E-state index is 0.0520. The first-order valence-electron chi connectivity index (χ1n) is 10.1. The third-order valence-electron chi connectivity index (χ3n) is 4.60. The minimum atomic E-state index is -0.285. The van der Waals surface area contributed by atoms with E-state index >= 15 is 0 Å². The van der Waals surface area contributed by atoms with Crippen LogP contribution in [0.3, 0.4) is 0 Å². The molecule has 0 radical (unpaired) electrons. The fraction of sp³-hybridized carbons (Fsp3) is 0.200. The molecule has 0 fully saturated rings. The monoisotopic (exact) mass is 480 g/mol. The fourth-order valence-electron chi connectivity index (χ4n) is 3.04. The molecule has 0 aliphatic heterocycles. The Hall–Kier alpha value is -3.12. The van der Waals surface area contributed by atoms with Gasteiger partial charge in [0, 0.05) is 15.7 Å². The molecule has 3 aromatic carbocycles. The Morgan fingerprint density at radius 2 is 1.55 bits per heavy atom. The number of hydrogen-bond donors (Lipinski definition) is 2. The zero-order valence-corrected chi connectivity index (χ0v) is 19.3. The number of benzene rings is 3. The first kappa shape index (κ1) is 22.6. The largest absolute Gasteiger partial charge is 0.490 e. The maximum atomic E-state index is 12.8. The molecule has 1 atom stereocenters. The number of hydrogen-bond acceptors (Lipinski definition) is 3. The normalized spacial score (nSPS) is 11.6. The minimum Gasteiger partial charge on any atom is -0.490 e. The lowest BCUT2D eigenvalue weighted by Crippen LogP contribution is -2.26. The summed E-state index contributed by atoms with van der Waals surface area (Å²) in [5.74, 6) is 0.0577. The zero-order valence-electron chi connectivity index (χ0n) is 17.7. The Morgan fingerprint density at radius 1 is 0.871 bits per heavy atom. The molecule has 0 aliphatic rings. The Morgan fingerprint density at radius 3 is 2.19 bits per heavy atom. The average Bonchev–Trinajstić information content (AvgIpc) is 2.75. The van der Waals surface area contributed by atoms with E-state index < -0.39 is 0 Å². The van der Waals surface area contributed by atoms with Gasteiger partial charge in [0.1, 0.15) is 5.75 Å². The maximum Gasteiger partial charge on any atom is 0.259 e. The summed E-state index contributed by atoms with van der Waals surface area (Å²) in [7, 11) is 0. The zero-order chi connectivity index (χ0) is 22.4. The molecule has 31 heavy (non-hydrogen) atoms. The van der Waals surface area contributed by atoms with Crippen LogP contribution in [0.5, 0.6) is 5.75 Å². The van der Waals surface area contributed by atoms with E-state index in [-0.39, 0.29) is 24.0 Å². The summed E-state index contributed by atoms with van der Waals surface area (Å²) in [5.41, 5.74) is 2.58. The van der Waals surface area contributed by atoms with E-state index in [1.54, 1.807) is 36.4 Å². The van der Waals surface area contributed by atoms with Crippen molar-refractivity contribution in [3.63, 3.8) is 0 Å². The topological polar surface area (TPSA) is 67.4 Å². The molecule has 5 nitrogen and oxygen atoms in total. The fourth-order valence-corrected chi connectivity index (χ4v) is 3.41. The first-order valence-corrected chi connectivity index (χ1v) is 10.9. The molecule has 2 amide bonds. The second kappa shape index (κ2) is 10.3. The third kappa shape index (κ3) is 6.18. The van der Waals surface area contributed by atoms with Crippen LogP contribution < -0.4 is 15.4 Å². The molecule has 0 aromatic heterocycles. The summed E-state index contributed by atoms with van der Waals surface area (Å²) in [6.45, 7) is 5.76. The third-order valence-corrected chi connectivity index (χ3v) is 5.09. The van der Waals surface area contributed by atoms with E-state index in [1.165, 1.54) is 0 Å². The summed E-state index contributed by atoms with van der Waals surface area (Å²) in [6, 6.07) is 21.8. The molecule has 1 unspecified atom stereocenters. The van der Waals surface area contributed by atoms with Crippen LogP contribution in [0, 0.1) is 0 Å². The molecule has 0 aliphatic carbocycles. The molecule has 3 aromatic rings. The Labute approximate surface area is 191 Å². The molecule has 160 valence electrons. The lowest BCUT2D eigenvalue weighted by Gasteiger charge is -2.15. The molecular formula is C25H25BrN2O3. The highest BCUT2D eigenvalue weighted by molar-refractivity contribution is 9.10. The highest BCUT2D eigenvalue weighted by atomic mass is 79.9. The highest BCUT2D eigenvalue weighted by Gasteiger charge is 2.16. The molecule has 2 N–H and O–H groups in total. The summed E-state index contributed by atoms with van der Waals surface area (Å²) in [6.07, 6.45) is -0.0520. The molecule has 0 saturated heterocycles. The van der Waals surface area contributed by atoms with E-state index in [4.69, 9.17) is 4.74 Å². The number of anilines is 1. The van der Waals surface area contributed by atoms with Gasteiger partial charge in [-0.05, 0) is 68.8 Å². The second-order valence-electron chi connectivity index (χ2n) is 7.44. The molecule has 0 heterocycles. The van der Waals surface area contributed by atoms with Gasteiger partial charge in [-0.15, -0.1) is 0 Å². The number of carbonyl (C=O) groups is 2. The lowest BCUT2D eigenvalue weighted by atomic mass is 10.1. The molecule has 0 spiro atoms. The van der Waals surface area contributed by atoms with Crippen LogP contribution in [0.25, 0.3) is 0 Å². The van der Waals surface area contributed by atoms with Crippen LogP contribution in [0.2, 0.25) is 0 Å². The van der Waals surface area contributed by atoms with Gasteiger partial charge in [-0.3, -0.25) is 9.59 Å². The number of rotatable bonds is 7. The van der Waals surface area contributed by atoms with Crippen molar-refractivity contribution in [1.29, 1.82) is 0 Å². The second-order valence-corrected chi connectivity index (χ2v) is 8.36. The van der Waals surface area contributed by atoms with Crippen molar-refractivity contribution in [3.8, 4) is 5.75 Å². The van der Waals surface area contributed by atoms with Crippen molar-refractivity contribution < 1.29 is 14.3 Å². The highest BCUT2D eigenvalue weighted by Crippen LogP contribution is 2.25. The lowest BCUT2D eigenvalue weighted by molar-refractivity contribution is 0.0939. The van der Waals surface area contributed by atoms with E-state index in [9.17, 15) is 9.59 Å². The van der Waals surface area contributed by atoms with Crippen LogP contribution >= 0.6 is 15.9 Å². The predicted octanol–water partition coefficient (Wildman–Crippen LogP) is 5.98. The van der Waals surface area contributed by atoms with Crippen molar-refractivity contribution in [2.45, 2.75) is 32.9 Å².